The van der Waals surface area contributed by atoms with Gasteiger partial charge in [-0.2, -0.15) is 14.7 Å². The first kappa shape index (κ1) is 11.4. The minimum atomic E-state index is -3.77. The van der Waals surface area contributed by atoms with E-state index in [-0.39, 0.29) is 0 Å². The molecule has 0 amide bonds. The Hall–Kier alpha value is -2.08. The van der Waals surface area contributed by atoms with Gasteiger partial charge in [-0.15, -0.1) is 0 Å². The van der Waals surface area contributed by atoms with E-state index in [2.05, 4.69) is 15.7 Å². The lowest BCUT2D eigenvalue weighted by molar-refractivity contribution is -0.174. The van der Waals surface area contributed by atoms with E-state index in [0.29, 0.717) is 10.9 Å². The summed E-state index contributed by atoms with van der Waals surface area (Å²) in [4.78, 5) is 18.4. The summed E-state index contributed by atoms with van der Waals surface area (Å²) in [7, 11) is 0. The van der Waals surface area contributed by atoms with Gasteiger partial charge in [0.25, 0.3) is 0 Å². The Kier molecular flexibility index (Phi) is 2.72. The molecular formula is C11H8F2N2O2. The van der Waals surface area contributed by atoms with Crippen LogP contribution in [-0.2, 0) is 15.6 Å². The molecule has 0 spiro atoms. The Morgan fingerprint density at radius 1 is 1.35 bits per heavy atom. The molecule has 1 aromatic heterocycles. The van der Waals surface area contributed by atoms with Gasteiger partial charge in [-0.25, -0.2) is 4.79 Å². The van der Waals surface area contributed by atoms with Gasteiger partial charge in [-0.3, -0.25) is 4.98 Å². The molecular weight excluding hydrogens is 230 g/mol. The second-order valence-corrected chi connectivity index (χ2v) is 3.39. The molecule has 0 fully saturated rings. The summed E-state index contributed by atoms with van der Waals surface area (Å²) < 4.78 is 27.0. The third-order valence-corrected chi connectivity index (χ3v) is 2.33. The quantitative estimate of drug-likeness (QED) is 0.809. The zero-order valence-corrected chi connectivity index (χ0v) is 8.56. The number of hydrogen-bond acceptors (Lipinski definition) is 4. The van der Waals surface area contributed by atoms with Gasteiger partial charge in [0.2, 0.25) is 0 Å². The molecule has 88 valence electrons. The summed E-state index contributed by atoms with van der Waals surface area (Å²) in [5.41, 5.74) is 0.0848. The predicted octanol–water partition coefficient (Wildman–Crippen LogP) is 1.74. The van der Waals surface area contributed by atoms with Crippen LogP contribution < -0.4 is 5.90 Å². The Morgan fingerprint density at radius 2 is 2.12 bits per heavy atom. The van der Waals surface area contributed by atoms with Crippen molar-refractivity contribution >= 4 is 16.9 Å². The van der Waals surface area contributed by atoms with Crippen molar-refractivity contribution in [2.75, 3.05) is 0 Å². The van der Waals surface area contributed by atoms with Gasteiger partial charge >= 0.3 is 11.9 Å². The van der Waals surface area contributed by atoms with Crippen molar-refractivity contribution in [1.82, 2.24) is 4.98 Å². The molecule has 1 heterocycles. The number of pyridine rings is 1. The molecule has 0 saturated carbocycles. The fourth-order valence-electron chi connectivity index (χ4n) is 1.46. The molecule has 17 heavy (non-hydrogen) atoms. The Bertz CT molecular complexity index is 572. The molecule has 2 rings (SSSR count). The van der Waals surface area contributed by atoms with E-state index in [4.69, 9.17) is 0 Å². The smallest absolute Gasteiger partial charge is 0.369 e. The lowest BCUT2D eigenvalue weighted by atomic mass is 10.1. The van der Waals surface area contributed by atoms with Crippen molar-refractivity contribution in [1.29, 1.82) is 0 Å². The van der Waals surface area contributed by atoms with Crippen molar-refractivity contribution in [3.8, 4) is 0 Å². The number of carbonyl (C=O) groups excluding carboxylic acids is 1. The number of carbonyl (C=O) groups is 1. The van der Waals surface area contributed by atoms with Crippen molar-refractivity contribution in [2.45, 2.75) is 5.92 Å². The summed E-state index contributed by atoms with van der Waals surface area (Å²) in [6, 6.07) is 6.94. The summed E-state index contributed by atoms with van der Waals surface area (Å²) in [6.45, 7) is 0. The molecule has 0 saturated heterocycles. The third kappa shape index (κ3) is 1.94. The number of hydrogen-bond donors (Lipinski definition) is 1. The highest BCUT2D eigenvalue weighted by molar-refractivity contribution is 5.84. The van der Waals surface area contributed by atoms with Gasteiger partial charge < -0.3 is 4.84 Å². The number of benzene rings is 1. The lowest BCUT2D eigenvalue weighted by Gasteiger charge is -2.13. The zero-order chi connectivity index (χ0) is 12.5. The number of aromatic nitrogens is 1. The fraction of sp³-hybridized carbons (Fsp3) is 0.0909. The minimum absolute atomic E-state index is 0.478. The van der Waals surface area contributed by atoms with Crippen LogP contribution in [0.5, 0.6) is 0 Å². The second-order valence-electron chi connectivity index (χ2n) is 3.39. The molecule has 1 aromatic carbocycles. The number of rotatable bonds is 2. The molecule has 2 N–H and O–H groups in total. The molecule has 0 unspecified atom stereocenters. The molecule has 0 aliphatic heterocycles. The van der Waals surface area contributed by atoms with Crippen LogP contribution in [0.25, 0.3) is 10.9 Å². The summed E-state index contributed by atoms with van der Waals surface area (Å²) in [5, 5.41) is 0.509. The van der Waals surface area contributed by atoms with E-state index in [9.17, 15) is 13.6 Å². The average Bonchev–Trinajstić information content (AvgIpc) is 2.37. The van der Waals surface area contributed by atoms with Crippen LogP contribution in [0.4, 0.5) is 8.78 Å². The van der Waals surface area contributed by atoms with Crippen LogP contribution in [0, 0.1) is 0 Å². The van der Waals surface area contributed by atoms with E-state index in [1.54, 1.807) is 18.3 Å². The van der Waals surface area contributed by atoms with Gasteiger partial charge in [0, 0.05) is 17.1 Å². The third-order valence-electron chi connectivity index (χ3n) is 2.33. The summed E-state index contributed by atoms with van der Waals surface area (Å²) >= 11 is 0. The van der Waals surface area contributed by atoms with E-state index >= 15 is 0 Å². The van der Waals surface area contributed by atoms with Crippen LogP contribution >= 0.6 is 0 Å². The molecule has 6 heteroatoms. The highest BCUT2D eigenvalue weighted by atomic mass is 19.3. The zero-order valence-electron chi connectivity index (χ0n) is 8.56. The number of fused-ring (bicyclic) bond motifs is 1. The Morgan fingerprint density at radius 3 is 2.82 bits per heavy atom. The van der Waals surface area contributed by atoms with Crippen molar-refractivity contribution in [2.24, 2.45) is 5.90 Å². The molecule has 0 radical (unpaired) electrons. The average molecular weight is 238 g/mol. The number of nitrogens with zero attached hydrogens (tertiary/aromatic N) is 1. The monoisotopic (exact) mass is 238 g/mol. The van der Waals surface area contributed by atoms with Gasteiger partial charge in [-0.05, 0) is 18.2 Å². The summed E-state index contributed by atoms with van der Waals surface area (Å²) in [5.74, 6) is -1.09. The highest BCUT2D eigenvalue weighted by Crippen LogP contribution is 2.30. The molecule has 0 aliphatic carbocycles. The number of alkyl halides is 2. The van der Waals surface area contributed by atoms with E-state index in [1.165, 1.54) is 12.1 Å². The first-order valence-corrected chi connectivity index (χ1v) is 4.70. The van der Waals surface area contributed by atoms with Gasteiger partial charge in [0.05, 0.1) is 5.52 Å². The van der Waals surface area contributed by atoms with Crippen molar-refractivity contribution in [3.63, 3.8) is 0 Å². The van der Waals surface area contributed by atoms with Gasteiger partial charge in [0.1, 0.15) is 0 Å². The van der Waals surface area contributed by atoms with E-state index < -0.39 is 17.5 Å². The largest absolute Gasteiger partial charge is 0.400 e. The van der Waals surface area contributed by atoms with Crippen LogP contribution in [0.1, 0.15) is 5.56 Å². The normalized spacial score (nSPS) is 11.5. The van der Waals surface area contributed by atoms with Crippen LogP contribution in [0.2, 0.25) is 0 Å². The maximum atomic E-state index is 13.5. The maximum Gasteiger partial charge on any atom is 0.400 e. The molecule has 4 nitrogen and oxygen atoms in total. The number of halogens is 2. The SMILES string of the molecule is NOC(=O)C(F)(F)c1ccc2ncccc2c1. The summed E-state index contributed by atoms with van der Waals surface area (Å²) in [6.07, 6.45) is 1.55. The highest BCUT2D eigenvalue weighted by Gasteiger charge is 2.42. The topological polar surface area (TPSA) is 65.2 Å². The van der Waals surface area contributed by atoms with Gasteiger partial charge in [0.15, 0.2) is 0 Å². The molecule has 0 aliphatic rings. The first-order chi connectivity index (χ1) is 8.05. The Balaban J connectivity index is 2.53. The second kappa shape index (κ2) is 4.06. The van der Waals surface area contributed by atoms with E-state index in [0.717, 1.165) is 6.07 Å². The van der Waals surface area contributed by atoms with Crippen LogP contribution in [-0.4, -0.2) is 11.0 Å². The van der Waals surface area contributed by atoms with E-state index in [1.807, 2.05) is 0 Å². The minimum Gasteiger partial charge on any atom is -0.369 e. The Labute approximate surface area is 95.0 Å². The first-order valence-electron chi connectivity index (χ1n) is 4.70. The van der Waals surface area contributed by atoms with Crippen molar-refractivity contribution in [3.05, 3.63) is 42.1 Å². The maximum absolute atomic E-state index is 13.5. The number of nitrogens with two attached hydrogens (primary N) is 1. The van der Waals surface area contributed by atoms with Crippen molar-refractivity contribution < 1.29 is 18.4 Å². The fourth-order valence-corrected chi connectivity index (χ4v) is 1.46. The predicted molar refractivity (Wildman–Crippen MR) is 55.9 cm³/mol. The van der Waals surface area contributed by atoms with Gasteiger partial charge in [-0.1, -0.05) is 12.1 Å². The molecule has 2 aromatic rings. The van der Waals surface area contributed by atoms with Crippen LogP contribution in [0.15, 0.2) is 36.5 Å². The van der Waals surface area contributed by atoms with Crippen LogP contribution in [0.3, 0.4) is 0 Å². The standard InChI is InChI=1S/C11H8F2N2O2/c12-11(13,10(16)17-14)8-3-4-9-7(6-8)2-1-5-15-9/h1-6H,14H2. The molecule has 0 atom stereocenters. The lowest BCUT2D eigenvalue weighted by Crippen LogP contribution is -2.30. The molecule has 0 bridgehead atoms.